The predicted molar refractivity (Wildman–Crippen MR) is 83.6 cm³/mol. The topological polar surface area (TPSA) is 53.4 Å². The molecule has 0 aliphatic heterocycles. The first-order valence-corrected chi connectivity index (χ1v) is 6.87. The van der Waals surface area contributed by atoms with Gasteiger partial charge in [0.2, 0.25) is 0 Å². The summed E-state index contributed by atoms with van der Waals surface area (Å²) >= 11 is 0. The lowest BCUT2D eigenvalue weighted by Gasteiger charge is -2.27. The van der Waals surface area contributed by atoms with Crippen molar-refractivity contribution in [2.75, 3.05) is 0 Å². The fourth-order valence-electron chi connectivity index (χ4n) is 2.74. The first-order valence-electron chi connectivity index (χ1n) is 6.87. The van der Waals surface area contributed by atoms with Gasteiger partial charge in [-0.25, -0.2) is 0 Å². The molecule has 2 aromatic carbocycles. The quantitative estimate of drug-likeness (QED) is 0.746. The summed E-state index contributed by atoms with van der Waals surface area (Å²) in [6, 6.07) is 14.7. The zero-order valence-electron chi connectivity index (χ0n) is 12.0. The van der Waals surface area contributed by atoms with E-state index in [9.17, 15) is 10.2 Å². The maximum absolute atomic E-state index is 9.97. The van der Waals surface area contributed by atoms with E-state index >= 15 is 0 Å². The molecule has 0 spiro atoms. The first kappa shape index (κ1) is 13.4. The van der Waals surface area contributed by atoms with E-state index in [4.69, 9.17) is 0 Å². The van der Waals surface area contributed by atoms with Crippen LogP contribution in [0.3, 0.4) is 0 Å². The average Bonchev–Trinajstić information content (AvgIpc) is 2.48. The number of aromatic nitrogens is 1. The molecule has 3 heteroatoms. The highest BCUT2D eigenvalue weighted by molar-refractivity contribution is 5.88. The number of fused-ring (bicyclic) bond motifs is 1. The Kier molecular flexibility index (Phi) is 3.05. The molecule has 0 saturated heterocycles. The third-order valence-electron chi connectivity index (χ3n) is 4.01. The van der Waals surface area contributed by atoms with Crippen LogP contribution in [0, 0.1) is 0 Å². The van der Waals surface area contributed by atoms with E-state index in [-0.39, 0.29) is 16.9 Å². The van der Waals surface area contributed by atoms with Crippen LogP contribution in [0.2, 0.25) is 0 Å². The summed E-state index contributed by atoms with van der Waals surface area (Å²) in [5.74, 6) is 0.447. The molecule has 3 aromatic rings. The predicted octanol–water partition coefficient (Wildman–Crippen LogP) is 3.97. The van der Waals surface area contributed by atoms with Crippen molar-refractivity contribution in [1.29, 1.82) is 0 Å². The van der Waals surface area contributed by atoms with E-state index in [0.717, 1.165) is 16.5 Å². The molecule has 3 nitrogen and oxygen atoms in total. The summed E-state index contributed by atoms with van der Waals surface area (Å²) in [5, 5.41) is 20.4. The average molecular weight is 279 g/mol. The van der Waals surface area contributed by atoms with Crippen molar-refractivity contribution in [2.24, 2.45) is 0 Å². The van der Waals surface area contributed by atoms with E-state index in [1.165, 1.54) is 0 Å². The summed E-state index contributed by atoms with van der Waals surface area (Å²) in [5.41, 5.74) is 2.54. The van der Waals surface area contributed by atoms with Gasteiger partial charge in [-0.1, -0.05) is 38.1 Å². The highest BCUT2D eigenvalue weighted by Gasteiger charge is 2.25. The standard InChI is InChI=1S/C18H17NO2/c1-18(2,12-5-7-13(20)8-6-12)15-9-10-16(21)17-14(15)4-3-11-19-17/h3-11,20-21H,1-2H3. The Hall–Kier alpha value is -2.55. The molecule has 0 fully saturated rings. The van der Waals surface area contributed by atoms with Gasteiger partial charge in [-0.3, -0.25) is 4.98 Å². The molecule has 0 saturated carbocycles. The summed E-state index contributed by atoms with van der Waals surface area (Å²) < 4.78 is 0. The molecule has 0 radical (unpaired) electrons. The summed E-state index contributed by atoms with van der Waals surface area (Å²) in [4.78, 5) is 4.27. The fraction of sp³-hybridized carbons (Fsp3) is 0.167. The van der Waals surface area contributed by atoms with Gasteiger partial charge in [0.25, 0.3) is 0 Å². The zero-order chi connectivity index (χ0) is 15.0. The van der Waals surface area contributed by atoms with E-state index < -0.39 is 0 Å². The smallest absolute Gasteiger partial charge is 0.141 e. The molecule has 0 aliphatic rings. The van der Waals surface area contributed by atoms with E-state index in [2.05, 4.69) is 18.8 Å². The van der Waals surface area contributed by atoms with Crippen LogP contribution < -0.4 is 0 Å². The molecule has 0 aliphatic carbocycles. The number of phenolic OH excluding ortho intramolecular Hbond substituents is 2. The van der Waals surface area contributed by atoms with E-state index in [1.807, 2.05) is 30.3 Å². The lowest BCUT2D eigenvalue weighted by Crippen LogP contribution is -2.19. The van der Waals surface area contributed by atoms with Gasteiger partial charge in [0.15, 0.2) is 0 Å². The van der Waals surface area contributed by atoms with Crippen molar-refractivity contribution >= 4 is 10.9 Å². The molecular weight excluding hydrogens is 262 g/mol. The van der Waals surface area contributed by atoms with Gasteiger partial charge in [-0.2, -0.15) is 0 Å². The molecule has 106 valence electrons. The van der Waals surface area contributed by atoms with Crippen LogP contribution in [0.1, 0.15) is 25.0 Å². The molecule has 0 atom stereocenters. The summed E-state index contributed by atoms with van der Waals surface area (Å²) in [6.07, 6.45) is 1.68. The largest absolute Gasteiger partial charge is 0.508 e. The monoisotopic (exact) mass is 279 g/mol. The van der Waals surface area contributed by atoms with Crippen LogP contribution in [0.5, 0.6) is 11.5 Å². The molecule has 1 heterocycles. The number of aromatic hydroxyl groups is 2. The molecule has 0 unspecified atom stereocenters. The Morgan fingerprint density at radius 1 is 0.905 bits per heavy atom. The fourth-order valence-corrected chi connectivity index (χ4v) is 2.74. The molecule has 0 bridgehead atoms. The summed E-state index contributed by atoms with van der Waals surface area (Å²) in [6.45, 7) is 4.25. The van der Waals surface area contributed by atoms with Gasteiger partial charge in [0.05, 0.1) is 0 Å². The molecule has 0 amide bonds. The molecule has 21 heavy (non-hydrogen) atoms. The summed E-state index contributed by atoms with van der Waals surface area (Å²) in [7, 11) is 0. The maximum atomic E-state index is 9.97. The SMILES string of the molecule is CC(C)(c1ccc(O)cc1)c1ccc(O)c2ncccc12. The normalized spacial score (nSPS) is 11.7. The number of rotatable bonds is 2. The molecule has 1 aromatic heterocycles. The minimum Gasteiger partial charge on any atom is -0.508 e. The van der Waals surface area contributed by atoms with Crippen molar-refractivity contribution in [3.63, 3.8) is 0 Å². The Balaban J connectivity index is 2.24. The van der Waals surface area contributed by atoms with Gasteiger partial charge in [0.1, 0.15) is 17.0 Å². The number of phenols is 2. The molecule has 3 rings (SSSR count). The minimum absolute atomic E-state index is 0.191. The van der Waals surface area contributed by atoms with Gasteiger partial charge in [-0.15, -0.1) is 0 Å². The van der Waals surface area contributed by atoms with Crippen molar-refractivity contribution in [2.45, 2.75) is 19.3 Å². The second kappa shape index (κ2) is 4.77. The second-order valence-electron chi connectivity index (χ2n) is 5.70. The van der Waals surface area contributed by atoms with Gasteiger partial charge < -0.3 is 10.2 Å². The van der Waals surface area contributed by atoms with Crippen LogP contribution in [0.25, 0.3) is 10.9 Å². The lowest BCUT2D eigenvalue weighted by molar-refractivity contribution is 0.474. The van der Waals surface area contributed by atoms with Crippen molar-refractivity contribution in [3.05, 3.63) is 65.9 Å². The van der Waals surface area contributed by atoms with Crippen LogP contribution in [0.15, 0.2) is 54.7 Å². The Bertz CT molecular complexity index is 792. The van der Waals surface area contributed by atoms with Crippen molar-refractivity contribution < 1.29 is 10.2 Å². The van der Waals surface area contributed by atoms with Crippen molar-refractivity contribution in [3.8, 4) is 11.5 Å². The van der Waals surface area contributed by atoms with Gasteiger partial charge in [0, 0.05) is 17.0 Å². The zero-order valence-corrected chi connectivity index (χ0v) is 12.0. The number of pyridine rings is 1. The van der Waals surface area contributed by atoms with Crippen molar-refractivity contribution in [1.82, 2.24) is 4.98 Å². The first-order chi connectivity index (χ1) is 10.00. The number of benzene rings is 2. The Morgan fingerprint density at radius 3 is 2.33 bits per heavy atom. The number of hydrogen-bond donors (Lipinski definition) is 2. The minimum atomic E-state index is -0.261. The Labute approximate surface area is 123 Å². The third kappa shape index (κ3) is 2.21. The Morgan fingerprint density at radius 2 is 1.62 bits per heavy atom. The van der Waals surface area contributed by atoms with Crippen LogP contribution >= 0.6 is 0 Å². The van der Waals surface area contributed by atoms with Crippen LogP contribution in [-0.4, -0.2) is 15.2 Å². The molecular formula is C18H17NO2. The maximum Gasteiger partial charge on any atom is 0.141 e. The molecule has 2 N–H and O–H groups in total. The van der Waals surface area contributed by atoms with Crippen LogP contribution in [-0.2, 0) is 5.41 Å². The van der Waals surface area contributed by atoms with Gasteiger partial charge in [-0.05, 0) is 35.4 Å². The third-order valence-corrected chi connectivity index (χ3v) is 4.01. The van der Waals surface area contributed by atoms with E-state index in [0.29, 0.717) is 5.52 Å². The number of hydrogen-bond acceptors (Lipinski definition) is 3. The van der Waals surface area contributed by atoms with Crippen LogP contribution in [0.4, 0.5) is 0 Å². The highest BCUT2D eigenvalue weighted by atomic mass is 16.3. The lowest BCUT2D eigenvalue weighted by atomic mass is 9.76. The number of nitrogens with zero attached hydrogens (tertiary/aromatic N) is 1. The van der Waals surface area contributed by atoms with E-state index in [1.54, 1.807) is 24.4 Å². The second-order valence-corrected chi connectivity index (χ2v) is 5.70. The van der Waals surface area contributed by atoms with Gasteiger partial charge >= 0.3 is 0 Å². The highest BCUT2D eigenvalue weighted by Crippen LogP contribution is 2.38.